The highest BCUT2D eigenvalue weighted by molar-refractivity contribution is 14.0. The molecule has 1 fully saturated rings. The maximum atomic E-state index is 14.7. The normalized spacial score (nSPS) is 15.2. The molecule has 1 heterocycles. The maximum Gasteiger partial charge on any atom is 0.191 e. The minimum Gasteiger partial charge on any atom is -0.382 e. The number of nitrogens with zero attached hydrogens (tertiary/aromatic N) is 3. The number of ether oxygens (including phenoxy) is 1. The number of anilines is 1. The third-order valence-electron chi connectivity index (χ3n) is 4.90. The first-order valence-corrected chi connectivity index (χ1v) is 10.5. The standard InChI is InChI=1S/C21H36FN5O.HI/c1-4-23-21(24-10-7-15-28-6-3)25-17-18-8-9-20(19(22)16-18)27-13-11-26(5-2)12-14-27;/h8-9,16H,4-7,10-15,17H2,1-3H3,(H2,23,24,25);1H. The molecule has 0 radical (unpaired) electrons. The van der Waals surface area contributed by atoms with Crippen LogP contribution in [0.15, 0.2) is 23.2 Å². The first-order chi connectivity index (χ1) is 13.7. The van der Waals surface area contributed by atoms with Crippen LogP contribution in [0, 0.1) is 5.82 Å². The molecule has 0 bridgehead atoms. The monoisotopic (exact) mass is 521 g/mol. The van der Waals surface area contributed by atoms with Gasteiger partial charge in [0, 0.05) is 52.5 Å². The molecule has 0 amide bonds. The van der Waals surface area contributed by atoms with Crippen molar-refractivity contribution in [3.63, 3.8) is 0 Å². The molecular formula is C21H37FIN5O. The van der Waals surface area contributed by atoms with Crippen LogP contribution in [0.2, 0.25) is 0 Å². The van der Waals surface area contributed by atoms with Crippen molar-refractivity contribution in [1.29, 1.82) is 0 Å². The Kier molecular flexibility index (Phi) is 13.2. The third-order valence-corrected chi connectivity index (χ3v) is 4.90. The van der Waals surface area contributed by atoms with Crippen molar-refractivity contribution in [2.24, 2.45) is 4.99 Å². The summed E-state index contributed by atoms with van der Waals surface area (Å²) in [6.07, 6.45) is 0.923. The minimum absolute atomic E-state index is 0. The first kappa shape index (κ1) is 25.9. The Bertz CT molecular complexity index is 609. The molecule has 166 valence electrons. The van der Waals surface area contributed by atoms with Crippen molar-refractivity contribution in [3.8, 4) is 0 Å². The molecule has 0 aliphatic carbocycles. The lowest BCUT2D eigenvalue weighted by atomic mass is 10.1. The van der Waals surface area contributed by atoms with E-state index in [1.54, 1.807) is 6.07 Å². The van der Waals surface area contributed by atoms with E-state index in [1.807, 2.05) is 26.0 Å². The lowest BCUT2D eigenvalue weighted by Crippen LogP contribution is -2.46. The molecule has 1 saturated heterocycles. The number of nitrogens with one attached hydrogen (secondary N) is 2. The number of guanidine groups is 1. The van der Waals surface area contributed by atoms with Gasteiger partial charge in [-0.3, -0.25) is 0 Å². The van der Waals surface area contributed by atoms with Crippen molar-refractivity contribution in [3.05, 3.63) is 29.6 Å². The van der Waals surface area contributed by atoms with Gasteiger partial charge in [0.2, 0.25) is 0 Å². The highest BCUT2D eigenvalue weighted by Crippen LogP contribution is 2.22. The van der Waals surface area contributed by atoms with Crippen LogP contribution in [-0.2, 0) is 11.3 Å². The molecule has 29 heavy (non-hydrogen) atoms. The number of aliphatic imine (C=N–C) groups is 1. The van der Waals surface area contributed by atoms with Gasteiger partial charge in [-0.2, -0.15) is 0 Å². The summed E-state index contributed by atoms with van der Waals surface area (Å²) in [4.78, 5) is 9.10. The fourth-order valence-corrected chi connectivity index (χ4v) is 3.25. The summed E-state index contributed by atoms with van der Waals surface area (Å²) >= 11 is 0. The van der Waals surface area contributed by atoms with E-state index in [0.29, 0.717) is 12.2 Å². The largest absolute Gasteiger partial charge is 0.382 e. The predicted molar refractivity (Wildman–Crippen MR) is 130 cm³/mol. The first-order valence-electron chi connectivity index (χ1n) is 10.5. The quantitative estimate of drug-likeness (QED) is 0.215. The second kappa shape index (κ2) is 14.8. The van der Waals surface area contributed by atoms with E-state index in [2.05, 4.69) is 32.3 Å². The Morgan fingerprint density at radius 1 is 1.14 bits per heavy atom. The predicted octanol–water partition coefficient (Wildman–Crippen LogP) is 3.07. The van der Waals surface area contributed by atoms with Gasteiger partial charge in [-0.25, -0.2) is 9.38 Å². The van der Waals surface area contributed by atoms with Crippen LogP contribution in [0.4, 0.5) is 10.1 Å². The van der Waals surface area contributed by atoms with E-state index in [-0.39, 0.29) is 29.8 Å². The van der Waals surface area contributed by atoms with Crippen molar-refractivity contribution in [2.45, 2.75) is 33.7 Å². The van der Waals surface area contributed by atoms with E-state index in [4.69, 9.17) is 4.74 Å². The highest BCUT2D eigenvalue weighted by atomic mass is 127. The zero-order valence-electron chi connectivity index (χ0n) is 18.0. The van der Waals surface area contributed by atoms with Gasteiger partial charge in [0.1, 0.15) is 5.82 Å². The Morgan fingerprint density at radius 3 is 2.52 bits per heavy atom. The SMILES string of the molecule is CCNC(=NCc1ccc(N2CCN(CC)CC2)c(F)c1)NCCCOCC.I. The second-order valence-electron chi connectivity index (χ2n) is 6.88. The molecule has 8 heteroatoms. The highest BCUT2D eigenvalue weighted by Gasteiger charge is 2.18. The van der Waals surface area contributed by atoms with Crippen LogP contribution >= 0.6 is 24.0 Å². The number of hydrogen-bond acceptors (Lipinski definition) is 4. The van der Waals surface area contributed by atoms with Gasteiger partial charge in [-0.05, 0) is 44.5 Å². The van der Waals surface area contributed by atoms with Crippen molar-refractivity contribution in [1.82, 2.24) is 15.5 Å². The molecule has 0 aromatic heterocycles. The van der Waals surface area contributed by atoms with Crippen LogP contribution < -0.4 is 15.5 Å². The van der Waals surface area contributed by atoms with Gasteiger partial charge in [0.15, 0.2) is 5.96 Å². The molecule has 1 aromatic rings. The van der Waals surface area contributed by atoms with E-state index < -0.39 is 0 Å². The molecule has 1 aliphatic rings. The third kappa shape index (κ3) is 9.04. The van der Waals surface area contributed by atoms with Gasteiger partial charge in [-0.1, -0.05) is 13.0 Å². The van der Waals surface area contributed by atoms with Crippen LogP contribution in [0.1, 0.15) is 32.8 Å². The van der Waals surface area contributed by atoms with E-state index in [9.17, 15) is 4.39 Å². The molecule has 0 atom stereocenters. The van der Waals surface area contributed by atoms with Crippen LogP contribution in [0.5, 0.6) is 0 Å². The summed E-state index contributed by atoms with van der Waals surface area (Å²) in [5.74, 6) is 0.589. The summed E-state index contributed by atoms with van der Waals surface area (Å²) in [6, 6.07) is 5.49. The Hall–Kier alpha value is -1.13. The summed E-state index contributed by atoms with van der Waals surface area (Å²) < 4.78 is 20.0. The second-order valence-corrected chi connectivity index (χ2v) is 6.88. The lowest BCUT2D eigenvalue weighted by molar-refractivity contribution is 0.145. The zero-order valence-corrected chi connectivity index (χ0v) is 20.4. The van der Waals surface area contributed by atoms with Gasteiger partial charge in [-0.15, -0.1) is 24.0 Å². The number of halogens is 2. The lowest BCUT2D eigenvalue weighted by Gasteiger charge is -2.35. The molecule has 0 unspecified atom stereocenters. The molecule has 1 aliphatic heterocycles. The number of benzene rings is 1. The van der Waals surface area contributed by atoms with E-state index in [1.165, 1.54) is 0 Å². The van der Waals surface area contributed by atoms with Gasteiger partial charge < -0.3 is 25.2 Å². The zero-order chi connectivity index (χ0) is 20.2. The smallest absolute Gasteiger partial charge is 0.191 e. The Balaban J connectivity index is 0.00000420. The Morgan fingerprint density at radius 2 is 1.90 bits per heavy atom. The van der Waals surface area contributed by atoms with E-state index >= 15 is 0 Å². The van der Waals surface area contributed by atoms with Crippen molar-refractivity contribution >= 4 is 35.6 Å². The number of piperazine rings is 1. The number of likely N-dealkylation sites (N-methyl/N-ethyl adjacent to an activating group) is 1. The number of rotatable bonds is 10. The summed E-state index contributed by atoms with van der Waals surface area (Å²) in [7, 11) is 0. The fraction of sp³-hybridized carbons (Fsp3) is 0.667. The van der Waals surface area contributed by atoms with Crippen molar-refractivity contribution < 1.29 is 9.13 Å². The number of hydrogen-bond donors (Lipinski definition) is 2. The van der Waals surface area contributed by atoms with Crippen molar-refractivity contribution in [2.75, 3.05) is 63.9 Å². The van der Waals surface area contributed by atoms with Gasteiger partial charge in [0.05, 0.1) is 12.2 Å². The molecule has 0 saturated carbocycles. The van der Waals surface area contributed by atoms with E-state index in [0.717, 1.165) is 77.0 Å². The molecule has 0 spiro atoms. The average molecular weight is 521 g/mol. The van der Waals surface area contributed by atoms with Crippen LogP contribution in [0.25, 0.3) is 0 Å². The molecule has 6 nitrogen and oxygen atoms in total. The molecule has 2 rings (SSSR count). The molecule has 2 N–H and O–H groups in total. The minimum atomic E-state index is -0.160. The van der Waals surface area contributed by atoms with Gasteiger partial charge in [0.25, 0.3) is 0 Å². The average Bonchev–Trinajstić information content (AvgIpc) is 2.72. The summed E-state index contributed by atoms with van der Waals surface area (Å²) in [5.41, 5.74) is 1.57. The Labute approximate surface area is 192 Å². The molecular weight excluding hydrogens is 484 g/mol. The topological polar surface area (TPSA) is 52.1 Å². The van der Waals surface area contributed by atoms with Crippen LogP contribution in [-0.4, -0.2) is 69.9 Å². The van der Waals surface area contributed by atoms with Gasteiger partial charge >= 0.3 is 0 Å². The maximum absolute atomic E-state index is 14.7. The summed E-state index contributed by atoms with van der Waals surface area (Å²) in [5, 5.41) is 6.51. The van der Waals surface area contributed by atoms with Crippen LogP contribution in [0.3, 0.4) is 0 Å². The summed E-state index contributed by atoms with van der Waals surface area (Å²) in [6.45, 7) is 14.5. The fourth-order valence-electron chi connectivity index (χ4n) is 3.25. The molecule has 1 aromatic carbocycles.